The summed E-state index contributed by atoms with van der Waals surface area (Å²) < 4.78 is 40.4. The molecule has 3 nitrogen and oxygen atoms in total. The minimum absolute atomic E-state index is 0.0421. The third-order valence-electron chi connectivity index (χ3n) is 2.73. The van der Waals surface area contributed by atoms with Crippen molar-refractivity contribution < 1.29 is 12.8 Å². The summed E-state index contributed by atoms with van der Waals surface area (Å²) in [5.74, 6) is -0.391. The monoisotopic (exact) mass is 357 g/mol. The van der Waals surface area contributed by atoms with Gasteiger partial charge in [-0.25, -0.2) is 17.5 Å². The molecule has 6 heteroatoms. The number of benzene rings is 2. The molecule has 1 N–H and O–H groups in total. The van der Waals surface area contributed by atoms with Gasteiger partial charge in [0.2, 0.25) is 10.0 Å². The highest BCUT2D eigenvalue weighted by Crippen LogP contribution is 2.23. The Morgan fingerprint density at radius 3 is 2.60 bits per heavy atom. The van der Waals surface area contributed by atoms with Gasteiger partial charge in [0, 0.05) is 11.0 Å². The van der Waals surface area contributed by atoms with Crippen molar-refractivity contribution in [3.05, 3.63) is 63.9 Å². The molecule has 0 fully saturated rings. The van der Waals surface area contributed by atoms with E-state index in [-0.39, 0.29) is 11.4 Å². The molecule has 0 saturated carbocycles. The summed E-state index contributed by atoms with van der Waals surface area (Å²) in [6, 6.07) is 10.8. The van der Waals surface area contributed by atoms with Gasteiger partial charge < -0.3 is 0 Å². The van der Waals surface area contributed by atoms with Crippen LogP contribution in [0.15, 0.2) is 51.8 Å². The molecule has 0 saturated heterocycles. The van der Waals surface area contributed by atoms with E-state index in [1.54, 1.807) is 24.3 Å². The highest BCUT2D eigenvalue weighted by atomic mass is 79.9. The van der Waals surface area contributed by atoms with Gasteiger partial charge in [0.1, 0.15) is 5.82 Å². The lowest BCUT2D eigenvalue weighted by molar-refractivity contribution is 0.579. The Morgan fingerprint density at radius 2 is 1.95 bits per heavy atom. The van der Waals surface area contributed by atoms with Gasteiger partial charge in [0.25, 0.3) is 0 Å². The van der Waals surface area contributed by atoms with E-state index in [0.29, 0.717) is 10.0 Å². The molecular formula is C14H13BrFNO2S. The minimum atomic E-state index is -3.64. The molecule has 106 valence electrons. The third kappa shape index (κ3) is 3.65. The summed E-state index contributed by atoms with van der Waals surface area (Å²) in [6.07, 6.45) is 0. The lowest BCUT2D eigenvalue weighted by atomic mass is 10.2. The zero-order chi connectivity index (χ0) is 14.8. The van der Waals surface area contributed by atoms with E-state index in [0.717, 1.165) is 5.56 Å². The van der Waals surface area contributed by atoms with Crippen LogP contribution in [0.25, 0.3) is 0 Å². The fourth-order valence-electron chi connectivity index (χ4n) is 1.73. The summed E-state index contributed by atoms with van der Waals surface area (Å²) in [6.45, 7) is 1.92. The molecular weight excluding hydrogens is 345 g/mol. The van der Waals surface area contributed by atoms with Crippen molar-refractivity contribution in [1.82, 2.24) is 4.72 Å². The maximum absolute atomic E-state index is 13.0. The standard InChI is InChI=1S/C14H13BrFNO2S/c1-10-5-6-14(13(15)7-10)20(18,19)17-9-11-3-2-4-12(16)8-11/h2-8,17H,9H2,1H3. The molecule has 0 radical (unpaired) electrons. The number of hydrogen-bond donors (Lipinski definition) is 1. The molecule has 0 aromatic heterocycles. The van der Waals surface area contributed by atoms with Gasteiger partial charge in [0.05, 0.1) is 4.90 Å². The van der Waals surface area contributed by atoms with Crippen molar-refractivity contribution in [2.75, 3.05) is 0 Å². The molecule has 0 aliphatic heterocycles. The number of aryl methyl sites for hydroxylation is 1. The molecule has 0 heterocycles. The lowest BCUT2D eigenvalue weighted by Crippen LogP contribution is -2.23. The highest BCUT2D eigenvalue weighted by molar-refractivity contribution is 9.10. The van der Waals surface area contributed by atoms with Gasteiger partial charge in [-0.2, -0.15) is 0 Å². The van der Waals surface area contributed by atoms with Crippen molar-refractivity contribution >= 4 is 26.0 Å². The van der Waals surface area contributed by atoms with Crippen molar-refractivity contribution in [1.29, 1.82) is 0 Å². The normalized spacial score (nSPS) is 11.6. The molecule has 2 aromatic rings. The van der Waals surface area contributed by atoms with Gasteiger partial charge in [-0.15, -0.1) is 0 Å². The van der Waals surface area contributed by atoms with Crippen LogP contribution in [0.2, 0.25) is 0 Å². The van der Waals surface area contributed by atoms with Crippen LogP contribution in [0.4, 0.5) is 4.39 Å². The van der Waals surface area contributed by atoms with Gasteiger partial charge in [-0.1, -0.05) is 18.2 Å². The first kappa shape index (κ1) is 15.2. The van der Waals surface area contributed by atoms with Gasteiger partial charge >= 0.3 is 0 Å². The second-order valence-corrected chi connectivity index (χ2v) is 6.98. The second kappa shape index (κ2) is 6.03. The Labute approximate surface area is 126 Å². The number of sulfonamides is 1. The Hall–Kier alpha value is -1.24. The molecule has 0 atom stereocenters. The zero-order valence-electron chi connectivity index (χ0n) is 10.7. The van der Waals surface area contributed by atoms with Crippen LogP contribution in [-0.2, 0) is 16.6 Å². The quantitative estimate of drug-likeness (QED) is 0.911. The Morgan fingerprint density at radius 1 is 1.20 bits per heavy atom. The molecule has 2 rings (SSSR count). The average Bonchev–Trinajstić information content (AvgIpc) is 2.36. The van der Waals surface area contributed by atoms with Crippen molar-refractivity contribution in [3.8, 4) is 0 Å². The molecule has 0 aliphatic carbocycles. The predicted octanol–water partition coefficient (Wildman–Crippen LogP) is 3.38. The molecule has 0 bridgehead atoms. The Bertz CT molecular complexity index is 732. The SMILES string of the molecule is Cc1ccc(S(=O)(=O)NCc2cccc(F)c2)c(Br)c1. The van der Waals surface area contributed by atoms with E-state index in [1.165, 1.54) is 18.2 Å². The maximum Gasteiger partial charge on any atom is 0.241 e. The molecule has 20 heavy (non-hydrogen) atoms. The van der Waals surface area contributed by atoms with Crippen LogP contribution < -0.4 is 4.72 Å². The van der Waals surface area contributed by atoms with E-state index in [9.17, 15) is 12.8 Å². The van der Waals surface area contributed by atoms with Crippen LogP contribution in [0.1, 0.15) is 11.1 Å². The van der Waals surface area contributed by atoms with Gasteiger partial charge in [0.15, 0.2) is 0 Å². The van der Waals surface area contributed by atoms with Crippen LogP contribution in [0.3, 0.4) is 0 Å². The van der Waals surface area contributed by atoms with E-state index in [1.807, 2.05) is 6.92 Å². The summed E-state index contributed by atoms with van der Waals surface area (Å²) >= 11 is 3.24. The average molecular weight is 358 g/mol. The number of hydrogen-bond acceptors (Lipinski definition) is 2. The summed E-state index contributed by atoms with van der Waals surface area (Å²) in [4.78, 5) is 0.166. The largest absolute Gasteiger partial charge is 0.241 e. The number of nitrogens with one attached hydrogen (secondary N) is 1. The van der Waals surface area contributed by atoms with Gasteiger partial charge in [-0.05, 0) is 58.2 Å². The van der Waals surface area contributed by atoms with Crippen molar-refractivity contribution in [2.24, 2.45) is 0 Å². The summed E-state index contributed by atoms with van der Waals surface area (Å²) in [5, 5.41) is 0. The summed E-state index contributed by atoms with van der Waals surface area (Å²) in [5.41, 5.74) is 1.53. The smallest absolute Gasteiger partial charge is 0.207 e. The van der Waals surface area contributed by atoms with E-state index in [2.05, 4.69) is 20.7 Å². The van der Waals surface area contributed by atoms with Crippen LogP contribution in [0, 0.1) is 12.7 Å². The number of rotatable bonds is 4. The maximum atomic E-state index is 13.0. The Kier molecular flexibility index (Phi) is 4.57. The van der Waals surface area contributed by atoms with Crippen molar-refractivity contribution in [2.45, 2.75) is 18.4 Å². The van der Waals surface area contributed by atoms with E-state index < -0.39 is 15.8 Å². The Balaban J connectivity index is 2.19. The van der Waals surface area contributed by atoms with E-state index in [4.69, 9.17) is 0 Å². The summed E-state index contributed by atoms with van der Waals surface area (Å²) in [7, 11) is -3.64. The van der Waals surface area contributed by atoms with Crippen LogP contribution in [0.5, 0.6) is 0 Å². The minimum Gasteiger partial charge on any atom is -0.207 e. The van der Waals surface area contributed by atoms with Crippen molar-refractivity contribution in [3.63, 3.8) is 0 Å². The highest BCUT2D eigenvalue weighted by Gasteiger charge is 2.17. The first-order chi connectivity index (χ1) is 9.38. The molecule has 0 amide bonds. The first-order valence-electron chi connectivity index (χ1n) is 5.89. The second-order valence-electron chi connectivity index (χ2n) is 4.39. The zero-order valence-corrected chi connectivity index (χ0v) is 13.1. The van der Waals surface area contributed by atoms with E-state index >= 15 is 0 Å². The molecule has 0 spiro atoms. The molecule has 0 unspecified atom stereocenters. The first-order valence-corrected chi connectivity index (χ1v) is 8.16. The predicted molar refractivity (Wildman–Crippen MR) is 79.3 cm³/mol. The topological polar surface area (TPSA) is 46.2 Å². The van der Waals surface area contributed by atoms with Gasteiger partial charge in [-0.3, -0.25) is 0 Å². The third-order valence-corrected chi connectivity index (χ3v) is 5.11. The molecule has 0 aliphatic rings. The fourth-order valence-corrected chi connectivity index (χ4v) is 3.93. The van der Waals surface area contributed by atoms with Crippen LogP contribution in [-0.4, -0.2) is 8.42 Å². The molecule has 2 aromatic carbocycles. The van der Waals surface area contributed by atoms with Crippen LogP contribution >= 0.6 is 15.9 Å². The number of halogens is 2. The lowest BCUT2D eigenvalue weighted by Gasteiger charge is -2.09. The fraction of sp³-hybridized carbons (Fsp3) is 0.143.